The highest BCUT2D eigenvalue weighted by molar-refractivity contribution is 5.92. The smallest absolute Gasteiger partial charge is 0.291 e. The summed E-state index contributed by atoms with van der Waals surface area (Å²) >= 11 is 0. The van der Waals surface area contributed by atoms with Gasteiger partial charge in [0.25, 0.3) is 11.8 Å². The van der Waals surface area contributed by atoms with E-state index >= 15 is 0 Å². The van der Waals surface area contributed by atoms with Gasteiger partial charge in [-0.1, -0.05) is 0 Å². The van der Waals surface area contributed by atoms with Crippen molar-refractivity contribution < 1.29 is 23.1 Å². The number of hydrogen-bond donors (Lipinski definition) is 1. The van der Waals surface area contributed by atoms with Gasteiger partial charge < -0.3 is 14.4 Å². The molecular weight excluding hydrogens is 308 g/mol. The molecule has 0 aromatic carbocycles. The second-order valence-electron chi connectivity index (χ2n) is 6.36. The maximum Gasteiger partial charge on any atom is 0.291 e. The fourth-order valence-electron chi connectivity index (χ4n) is 3.57. The van der Waals surface area contributed by atoms with E-state index in [1.807, 2.05) is 0 Å². The second-order valence-corrected chi connectivity index (χ2v) is 6.36. The third kappa shape index (κ3) is 3.23. The molecule has 0 aliphatic carbocycles. The Kier molecular flexibility index (Phi) is 4.37. The van der Waals surface area contributed by atoms with Gasteiger partial charge in [-0.05, 0) is 19.8 Å². The molecule has 0 spiro atoms. The summed E-state index contributed by atoms with van der Waals surface area (Å²) in [6.45, 7) is 2.12. The van der Waals surface area contributed by atoms with Crippen LogP contribution in [-0.4, -0.2) is 70.0 Å². The van der Waals surface area contributed by atoms with E-state index in [4.69, 9.17) is 4.42 Å². The first-order chi connectivity index (χ1) is 10.9. The van der Waals surface area contributed by atoms with E-state index in [9.17, 15) is 18.7 Å². The topological polar surface area (TPSA) is 69.8 Å². The Morgan fingerprint density at radius 2 is 2.17 bits per heavy atom. The van der Waals surface area contributed by atoms with Crippen LogP contribution in [0.15, 0.2) is 10.8 Å². The first-order valence-electron chi connectivity index (χ1n) is 7.85. The maximum absolute atomic E-state index is 13.6. The molecule has 0 radical (unpaired) electrons. The lowest BCUT2D eigenvalue weighted by Crippen LogP contribution is -2.49. The molecule has 3 heterocycles. The van der Waals surface area contributed by atoms with Gasteiger partial charge in [0.2, 0.25) is 5.76 Å². The molecule has 2 aliphatic heterocycles. The SMILES string of the molecule is Cc1ncoc1C(=O)N1CCC(N2CC(F)(F)C[C@H]2CO)CC1. The highest BCUT2D eigenvalue weighted by Gasteiger charge is 2.47. The zero-order valence-corrected chi connectivity index (χ0v) is 13.0. The molecule has 1 atom stereocenters. The van der Waals surface area contributed by atoms with Gasteiger partial charge >= 0.3 is 0 Å². The number of nitrogens with zero attached hydrogens (tertiary/aromatic N) is 3. The summed E-state index contributed by atoms with van der Waals surface area (Å²) in [5.41, 5.74) is 0.552. The fraction of sp³-hybridized carbons (Fsp3) is 0.733. The van der Waals surface area contributed by atoms with E-state index in [0.717, 1.165) is 0 Å². The van der Waals surface area contributed by atoms with E-state index in [2.05, 4.69) is 4.98 Å². The second kappa shape index (κ2) is 6.16. The molecule has 3 rings (SSSR count). The molecule has 2 aliphatic rings. The predicted molar refractivity (Wildman–Crippen MR) is 77.3 cm³/mol. The zero-order valence-electron chi connectivity index (χ0n) is 13.0. The van der Waals surface area contributed by atoms with Crippen LogP contribution in [-0.2, 0) is 0 Å². The summed E-state index contributed by atoms with van der Waals surface area (Å²) in [7, 11) is 0. The summed E-state index contributed by atoms with van der Waals surface area (Å²) in [6.07, 6.45) is 2.18. The molecule has 1 amide bonds. The van der Waals surface area contributed by atoms with Gasteiger partial charge in [0, 0.05) is 31.6 Å². The Morgan fingerprint density at radius 1 is 1.48 bits per heavy atom. The van der Waals surface area contributed by atoms with Crippen molar-refractivity contribution in [2.75, 3.05) is 26.2 Å². The minimum atomic E-state index is -2.74. The van der Waals surface area contributed by atoms with Crippen LogP contribution < -0.4 is 0 Å². The Hall–Kier alpha value is -1.54. The molecule has 8 heteroatoms. The lowest BCUT2D eigenvalue weighted by molar-refractivity contribution is 0.00284. The molecule has 1 aromatic rings. The van der Waals surface area contributed by atoms with Crippen LogP contribution in [0, 0.1) is 6.92 Å². The van der Waals surface area contributed by atoms with Gasteiger partial charge in [0.05, 0.1) is 18.8 Å². The number of likely N-dealkylation sites (tertiary alicyclic amines) is 2. The number of carbonyl (C=O) groups excluding carboxylic acids is 1. The zero-order chi connectivity index (χ0) is 16.6. The number of hydrogen-bond acceptors (Lipinski definition) is 5. The van der Waals surface area contributed by atoms with Crippen molar-refractivity contribution in [1.82, 2.24) is 14.8 Å². The van der Waals surface area contributed by atoms with Crippen molar-refractivity contribution >= 4 is 5.91 Å². The number of aliphatic hydroxyl groups excluding tert-OH is 1. The van der Waals surface area contributed by atoms with Gasteiger partial charge in [-0.15, -0.1) is 0 Å². The molecule has 0 saturated carbocycles. The van der Waals surface area contributed by atoms with E-state index in [1.54, 1.807) is 16.7 Å². The van der Waals surface area contributed by atoms with Gasteiger partial charge in [-0.2, -0.15) is 0 Å². The Bertz CT molecular complexity index is 570. The lowest BCUT2D eigenvalue weighted by atomic mass is 10.0. The first kappa shape index (κ1) is 16.3. The largest absolute Gasteiger partial charge is 0.438 e. The van der Waals surface area contributed by atoms with Crippen molar-refractivity contribution in [3.8, 4) is 0 Å². The summed E-state index contributed by atoms with van der Waals surface area (Å²) in [4.78, 5) is 19.6. The van der Waals surface area contributed by atoms with Crippen LogP contribution in [0.1, 0.15) is 35.5 Å². The molecule has 0 unspecified atom stereocenters. The van der Waals surface area contributed by atoms with E-state index in [0.29, 0.717) is 31.6 Å². The Labute approximate surface area is 133 Å². The molecular formula is C15H21F2N3O3. The van der Waals surface area contributed by atoms with Crippen LogP contribution in [0.4, 0.5) is 8.78 Å². The number of amides is 1. The fourth-order valence-corrected chi connectivity index (χ4v) is 3.57. The standard InChI is InChI=1S/C15H21F2N3O3/c1-10-13(23-9-18-10)14(22)19-4-2-11(3-5-19)20-8-15(16,17)6-12(20)7-21/h9,11-12,21H,2-8H2,1H3/t12-/m0/s1. The normalized spacial score (nSPS) is 25.9. The summed E-state index contributed by atoms with van der Waals surface area (Å²) in [6, 6.07) is -0.519. The van der Waals surface area contributed by atoms with Crippen molar-refractivity contribution in [1.29, 1.82) is 0 Å². The molecule has 23 heavy (non-hydrogen) atoms. The van der Waals surface area contributed by atoms with E-state index < -0.39 is 12.0 Å². The van der Waals surface area contributed by atoms with Crippen LogP contribution in [0.3, 0.4) is 0 Å². The number of halogens is 2. The van der Waals surface area contributed by atoms with Crippen LogP contribution >= 0.6 is 0 Å². The number of alkyl halides is 2. The number of piperidine rings is 1. The highest BCUT2D eigenvalue weighted by Crippen LogP contribution is 2.35. The number of oxazole rings is 1. The number of rotatable bonds is 3. The first-order valence-corrected chi connectivity index (χ1v) is 7.85. The average molecular weight is 329 g/mol. The average Bonchev–Trinajstić information content (AvgIpc) is 3.09. The summed E-state index contributed by atoms with van der Waals surface area (Å²) < 4.78 is 32.3. The van der Waals surface area contributed by atoms with Crippen molar-refractivity contribution in [3.05, 3.63) is 17.8 Å². The summed E-state index contributed by atoms with van der Waals surface area (Å²) in [5.74, 6) is -2.70. The van der Waals surface area contributed by atoms with Crippen molar-refractivity contribution in [3.63, 3.8) is 0 Å². The highest BCUT2D eigenvalue weighted by atomic mass is 19.3. The molecule has 6 nitrogen and oxygen atoms in total. The quantitative estimate of drug-likeness (QED) is 0.905. The molecule has 1 aromatic heterocycles. The van der Waals surface area contributed by atoms with E-state index in [-0.39, 0.29) is 37.3 Å². The number of aryl methyl sites for hydroxylation is 1. The minimum Gasteiger partial charge on any atom is -0.438 e. The Balaban J connectivity index is 1.60. The predicted octanol–water partition coefficient (Wildman–Crippen LogP) is 1.29. The minimum absolute atomic E-state index is 0.0274. The van der Waals surface area contributed by atoms with Gasteiger partial charge in [-0.3, -0.25) is 9.69 Å². The Morgan fingerprint density at radius 3 is 2.74 bits per heavy atom. The van der Waals surface area contributed by atoms with Crippen LogP contribution in [0.25, 0.3) is 0 Å². The monoisotopic (exact) mass is 329 g/mol. The number of aromatic nitrogens is 1. The molecule has 0 bridgehead atoms. The molecule has 2 saturated heterocycles. The third-order valence-corrected chi connectivity index (χ3v) is 4.79. The number of carbonyl (C=O) groups is 1. The molecule has 128 valence electrons. The van der Waals surface area contributed by atoms with Crippen LogP contribution in [0.2, 0.25) is 0 Å². The third-order valence-electron chi connectivity index (χ3n) is 4.79. The van der Waals surface area contributed by atoms with Crippen molar-refractivity contribution in [2.45, 2.75) is 44.2 Å². The lowest BCUT2D eigenvalue weighted by Gasteiger charge is -2.38. The van der Waals surface area contributed by atoms with Gasteiger partial charge in [-0.25, -0.2) is 13.8 Å². The number of aliphatic hydroxyl groups is 1. The van der Waals surface area contributed by atoms with E-state index in [1.165, 1.54) is 6.39 Å². The molecule has 2 fully saturated rings. The van der Waals surface area contributed by atoms with Crippen LogP contribution in [0.5, 0.6) is 0 Å². The molecule has 1 N–H and O–H groups in total. The van der Waals surface area contributed by atoms with Crippen molar-refractivity contribution in [2.24, 2.45) is 0 Å². The maximum atomic E-state index is 13.6. The summed E-state index contributed by atoms with van der Waals surface area (Å²) in [5, 5.41) is 9.34. The van der Waals surface area contributed by atoms with Gasteiger partial charge in [0.1, 0.15) is 0 Å². The van der Waals surface area contributed by atoms with Gasteiger partial charge in [0.15, 0.2) is 6.39 Å².